The zero-order chi connectivity index (χ0) is 25.2. The van der Waals surface area contributed by atoms with Crippen LogP contribution in [-0.2, 0) is 4.79 Å². The fourth-order valence-corrected chi connectivity index (χ4v) is 4.23. The number of H-pyrrole nitrogens is 2. The van der Waals surface area contributed by atoms with E-state index in [4.69, 9.17) is 0 Å². The first-order valence-corrected chi connectivity index (χ1v) is 11.2. The van der Waals surface area contributed by atoms with E-state index in [2.05, 4.69) is 20.5 Å². The highest BCUT2D eigenvalue weighted by molar-refractivity contribution is 6.45. The maximum Gasteiger partial charge on any atom is 0.295 e. The number of aromatic amines is 2. The maximum absolute atomic E-state index is 14.8. The number of carbonyl (C=O) groups excluding carboxylic acids is 4. The van der Waals surface area contributed by atoms with Gasteiger partial charge in [-0.25, -0.2) is 4.39 Å². The van der Waals surface area contributed by atoms with Crippen LogP contribution >= 0.6 is 0 Å². The third-order valence-corrected chi connectivity index (χ3v) is 6.09. The Morgan fingerprint density at radius 3 is 2.31 bits per heavy atom. The van der Waals surface area contributed by atoms with Gasteiger partial charge in [-0.05, 0) is 24.3 Å². The molecule has 5 rings (SSSR count). The highest BCUT2D eigenvalue weighted by Crippen LogP contribution is 2.27. The van der Waals surface area contributed by atoms with Crippen LogP contribution in [0.3, 0.4) is 0 Å². The molecule has 3 amide bonds. The number of rotatable bonds is 5. The standard InChI is InChI=1S/C25H21FN6O4/c26-18-7-6-16(23(34)29-19-8-9-28-30-19)21-20(18)17(14-27-21)22(33)25(36)32-12-10-31(11-13-32)24(35)15-4-2-1-3-5-15/h1-9,14,27H,10-13H2,(H2,28,29,30,34). The van der Waals surface area contributed by atoms with Crippen LogP contribution in [0.5, 0.6) is 0 Å². The van der Waals surface area contributed by atoms with Crippen molar-refractivity contribution in [2.45, 2.75) is 0 Å². The molecule has 0 radical (unpaired) electrons. The van der Waals surface area contributed by atoms with E-state index in [9.17, 15) is 23.6 Å². The number of Topliss-reactive ketones (excluding diaryl/α,β-unsaturated/α-hetero) is 1. The van der Waals surface area contributed by atoms with Gasteiger partial charge in [-0.1, -0.05) is 18.2 Å². The minimum Gasteiger partial charge on any atom is -0.360 e. The van der Waals surface area contributed by atoms with Gasteiger partial charge in [0.25, 0.3) is 23.5 Å². The van der Waals surface area contributed by atoms with E-state index >= 15 is 0 Å². The van der Waals surface area contributed by atoms with Gasteiger partial charge >= 0.3 is 0 Å². The number of nitrogens with zero attached hydrogens (tertiary/aromatic N) is 3. The molecule has 0 unspecified atom stereocenters. The molecule has 3 heterocycles. The third kappa shape index (κ3) is 4.22. The average Bonchev–Trinajstić information content (AvgIpc) is 3.59. The van der Waals surface area contributed by atoms with E-state index < -0.39 is 23.4 Å². The topological polar surface area (TPSA) is 131 Å². The molecule has 0 atom stereocenters. The molecule has 182 valence electrons. The van der Waals surface area contributed by atoms with E-state index in [1.165, 1.54) is 23.4 Å². The molecule has 1 fully saturated rings. The number of hydrogen-bond acceptors (Lipinski definition) is 5. The summed E-state index contributed by atoms with van der Waals surface area (Å²) in [6.07, 6.45) is 2.69. The van der Waals surface area contributed by atoms with Gasteiger partial charge in [0, 0.05) is 49.4 Å². The Morgan fingerprint density at radius 2 is 1.61 bits per heavy atom. The van der Waals surface area contributed by atoms with Crippen molar-refractivity contribution >= 4 is 40.2 Å². The number of benzene rings is 2. The van der Waals surface area contributed by atoms with Crippen molar-refractivity contribution in [2.75, 3.05) is 31.5 Å². The number of ketones is 1. The number of hydrogen-bond donors (Lipinski definition) is 3. The fraction of sp³-hybridized carbons (Fsp3) is 0.160. The summed E-state index contributed by atoms with van der Waals surface area (Å²) in [5.74, 6) is -2.77. The van der Waals surface area contributed by atoms with Gasteiger partial charge < -0.3 is 20.1 Å². The molecule has 10 nitrogen and oxygen atoms in total. The number of amides is 3. The van der Waals surface area contributed by atoms with Crippen LogP contribution in [0.1, 0.15) is 31.1 Å². The largest absolute Gasteiger partial charge is 0.360 e. The lowest BCUT2D eigenvalue weighted by Gasteiger charge is -2.34. The van der Waals surface area contributed by atoms with Crippen LogP contribution < -0.4 is 5.32 Å². The number of fused-ring (bicyclic) bond motifs is 1. The Balaban J connectivity index is 1.32. The second-order valence-corrected chi connectivity index (χ2v) is 8.25. The van der Waals surface area contributed by atoms with E-state index in [0.29, 0.717) is 11.4 Å². The summed E-state index contributed by atoms with van der Waals surface area (Å²) in [5.41, 5.74) is 0.587. The molecule has 1 aliphatic heterocycles. The molecule has 2 aromatic carbocycles. The molecule has 0 bridgehead atoms. The highest BCUT2D eigenvalue weighted by atomic mass is 19.1. The second kappa shape index (κ2) is 9.45. The molecule has 1 aliphatic rings. The molecule has 36 heavy (non-hydrogen) atoms. The van der Waals surface area contributed by atoms with Crippen molar-refractivity contribution in [3.05, 3.63) is 83.4 Å². The number of nitrogens with one attached hydrogen (secondary N) is 3. The van der Waals surface area contributed by atoms with E-state index in [0.717, 1.165) is 6.07 Å². The lowest BCUT2D eigenvalue weighted by molar-refractivity contribution is -0.127. The first-order chi connectivity index (χ1) is 17.4. The SMILES string of the molecule is O=C(Nc1ccn[nH]1)c1ccc(F)c2c(C(=O)C(=O)N3CCN(C(=O)c4ccccc4)CC3)c[nH]c12. The van der Waals surface area contributed by atoms with Crippen molar-refractivity contribution in [3.63, 3.8) is 0 Å². The molecule has 11 heteroatoms. The van der Waals surface area contributed by atoms with Crippen LogP contribution in [0.4, 0.5) is 10.2 Å². The first-order valence-electron chi connectivity index (χ1n) is 11.2. The summed E-state index contributed by atoms with van der Waals surface area (Å²) in [6.45, 7) is 0.886. The number of carbonyl (C=O) groups is 4. The van der Waals surface area contributed by atoms with Crippen LogP contribution in [-0.4, -0.2) is 74.7 Å². The summed E-state index contributed by atoms with van der Waals surface area (Å²) in [6, 6.07) is 12.7. The quantitative estimate of drug-likeness (QED) is 0.293. The van der Waals surface area contributed by atoms with Gasteiger partial charge in [0.1, 0.15) is 11.6 Å². The maximum atomic E-state index is 14.8. The monoisotopic (exact) mass is 488 g/mol. The molecule has 1 saturated heterocycles. The van der Waals surface area contributed by atoms with Gasteiger partial charge in [-0.2, -0.15) is 5.10 Å². The molecule has 2 aromatic heterocycles. The van der Waals surface area contributed by atoms with Crippen molar-refractivity contribution in [1.82, 2.24) is 25.0 Å². The summed E-state index contributed by atoms with van der Waals surface area (Å²) in [5, 5.41) is 8.81. The molecule has 0 saturated carbocycles. The number of halogens is 1. The molecular weight excluding hydrogens is 467 g/mol. The highest BCUT2D eigenvalue weighted by Gasteiger charge is 2.31. The van der Waals surface area contributed by atoms with Crippen LogP contribution in [0.2, 0.25) is 0 Å². The van der Waals surface area contributed by atoms with E-state index in [-0.39, 0.29) is 54.1 Å². The zero-order valence-corrected chi connectivity index (χ0v) is 19.0. The van der Waals surface area contributed by atoms with E-state index in [1.807, 2.05) is 6.07 Å². The Labute approximate surface area is 204 Å². The summed E-state index contributed by atoms with van der Waals surface area (Å²) in [7, 11) is 0. The average molecular weight is 488 g/mol. The Bertz CT molecular complexity index is 1460. The Morgan fingerprint density at radius 1 is 0.889 bits per heavy atom. The summed E-state index contributed by atoms with van der Waals surface area (Å²) >= 11 is 0. The number of anilines is 1. The number of piperazine rings is 1. The van der Waals surface area contributed by atoms with E-state index in [1.54, 1.807) is 35.2 Å². The van der Waals surface area contributed by atoms with Gasteiger partial charge in [0.2, 0.25) is 0 Å². The van der Waals surface area contributed by atoms with Gasteiger partial charge in [0.05, 0.1) is 22.8 Å². The lowest BCUT2D eigenvalue weighted by Crippen LogP contribution is -2.52. The smallest absolute Gasteiger partial charge is 0.295 e. The zero-order valence-electron chi connectivity index (χ0n) is 19.0. The molecular formula is C25H21FN6O4. The minimum atomic E-state index is -0.894. The second-order valence-electron chi connectivity index (χ2n) is 8.25. The van der Waals surface area contributed by atoms with Crippen molar-refractivity contribution < 1.29 is 23.6 Å². The molecule has 3 N–H and O–H groups in total. The number of aromatic nitrogens is 3. The Hall–Kier alpha value is -4.80. The van der Waals surface area contributed by atoms with Crippen molar-refractivity contribution in [2.24, 2.45) is 0 Å². The normalized spacial score (nSPS) is 13.6. The van der Waals surface area contributed by atoms with Gasteiger partial charge in [0.15, 0.2) is 0 Å². The van der Waals surface area contributed by atoms with Gasteiger partial charge in [-0.15, -0.1) is 0 Å². The summed E-state index contributed by atoms with van der Waals surface area (Å²) in [4.78, 5) is 57.1. The minimum absolute atomic E-state index is 0.0977. The lowest BCUT2D eigenvalue weighted by atomic mass is 10.0. The van der Waals surface area contributed by atoms with Crippen molar-refractivity contribution in [1.29, 1.82) is 0 Å². The third-order valence-electron chi connectivity index (χ3n) is 6.09. The molecule has 0 aliphatic carbocycles. The molecule has 4 aromatic rings. The Kier molecular flexibility index (Phi) is 6.03. The predicted octanol–water partition coefficient (Wildman–Crippen LogP) is 2.45. The van der Waals surface area contributed by atoms with Crippen LogP contribution in [0.15, 0.2) is 60.9 Å². The molecule has 0 spiro atoms. The van der Waals surface area contributed by atoms with Crippen molar-refractivity contribution in [3.8, 4) is 0 Å². The summed E-state index contributed by atoms with van der Waals surface area (Å²) < 4.78 is 14.8. The fourth-order valence-electron chi connectivity index (χ4n) is 4.23. The van der Waals surface area contributed by atoms with Crippen LogP contribution in [0, 0.1) is 5.82 Å². The predicted molar refractivity (Wildman–Crippen MR) is 128 cm³/mol. The first kappa shape index (κ1) is 23.0. The van der Waals surface area contributed by atoms with Gasteiger partial charge in [-0.3, -0.25) is 24.3 Å². The van der Waals surface area contributed by atoms with Crippen LogP contribution in [0.25, 0.3) is 10.9 Å².